The van der Waals surface area contributed by atoms with E-state index in [4.69, 9.17) is 9.40 Å². The van der Waals surface area contributed by atoms with E-state index < -0.39 is 0 Å². The molecule has 1 fully saturated rings. The molecule has 0 aliphatic carbocycles. The maximum absolute atomic E-state index is 12.4. The van der Waals surface area contributed by atoms with Gasteiger partial charge in [-0.05, 0) is 47.2 Å². The first-order chi connectivity index (χ1) is 13.2. The molecule has 1 amide bonds. The molecule has 0 spiro atoms. The minimum absolute atomic E-state index is 0.0871. The van der Waals surface area contributed by atoms with Crippen LogP contribution in [-0.4, -0.2) is 62.0 Å². The fourth-order valence-corrected chi connectivity index (χ4v) is 3.44. The number of hydrogen-bond donors (Lipinski definition) is 0. The molecule has 0 N–H and O–H groups in total. The van der Waals surface area contributed by atoms with E-state index in [2.05, 4.69) is 20.4 Å². The Morgan fingerprint density at radius 3 is 2.78 bits per heavy atom. The molecule has 4 aromatic rings. The number of carbonyl (C=O) groups excluding carboxylic acids is 1. The first kappa shape index (κ1) is 15.7. The number of nitrogens with zero attached hydrogens (tertiary/aromatic N) is 7. The predicted molar refractivity (Wildman–Crippen MR) is 97.6 cm³/mol. The smallest absolute Gasteiger partial charge is 0.289 e. The van der Waals surface area contributed by atoms with Gasteiger partial charge in [0.2, 0.25) is 5.65 Å². The summed E-state index contributed by atoms with van der Waals surface area (Å²) in [5.41, 5.74) is 3.47. The van der Waals surface area contributed by atoms with Crippen LogP contribution in [0.15, 0.2) is 41.0 Å². The number of anilines is 1. The first-order valence-electron chi connectivity index (χ1n) is 8.77. The molecule has 0 radical (unpaired) electrons. The second-order valence-electron chi connectivity index (χ2n) is 6.60. The molecular formula is C18H17N7O2. The maximum atomic E-state index is 12.4. The van der Waals surface area contributed by atoms with Gasteiger partial charge in [-0.1, -0.05) is 6.07 Å². The van der Waals surface area contributed by atoms with Gasteiger partial charge in [0, 0.05) is 26.2 Å². The van der Waals surface area contributed by atoms with Gasteiger partial charge < -0.3 is 14.2 Å². The van der Waals surface area contributed by atoms with E-state index in [-0.39, 0.29) is 5.91 Å². The number of fused-ring (bicyclic) bond motifs is 3. The SMILES string of the molecule is Cc1ccc2nc(N3CCN(C(=O)c4ccco4)CC3)c3nnnn3c2c1. The lowest BCUT2D eigenvalue weighted by Gasteiger charge is -2.34. The molecule has 0 unspecified atom stereocenters. The quantitative estimate of drug-likeness (QED) is 0.533. The molecule has 3 aromatic heterocycles. The Bertz CT molecular complexity index is 1130. The molecule has 0 bridgehead atoms. The Labute approximate surface area is 154 Å². The van der Waals surface area contributed by atoms with Crippen LogP contribution in [0.2, 0.25) is 0 Å². The van der Waals surface area contributed by atoms with Gasteiger partial charge in [-0.15, -0.1) is 5.10 Å². The number of hydrogen-bond acceptors (Lipinski definition) is 7. The Kier molecular flexibility index (Phi) is 3.52. The summed E-state index contributed by atoms with van der Waals surface area (Å²) in [6.07, 6.45) is 1.51. The van der Waals surface area contributed by atoms with Crippen LogP contribution in [0.5, 0.6) is 0 Å². The zero-order valence-electron chi connectivity index (χ0n) is 14.7. The fourth-order valence-electron chi connectivity index (χ4n) is 3.44. The Balaban J connectivity index is 1.45. The van der Waals surface area contributed by atoms with E-state index in [0.717, 1.165) is 22.4 Å². The summed E-state index contributed by atoms with van der Waals surface area (Å²) in [5.74, 6) is 1.02. The number of rotatable bonds is 2. The maximum Gasteiger partial charge on any atom is 0.289 e. The Morgan fingerprint density at radius 2 is 2.00 bits per heavy atom. The van der Waals surface area contributed by atoms with Gasteiger partial charge in [-0.2, -0.15) is 4.52 Å². The number of amides is 1. The number of aromatic nitrogens is 5. The van der Waals surface area contributed by atoms with Gasteiger partial charge in [-0.25, -0.2) is 4.98 Å². The summed E-state index contributed by atoms with van der Waals surface area (Å²) in [5, 5.41) is 12.1. The Morgan fingerprint density at radius 1 is 1.15 bits per heavy atom. The number of carbonyl (C=O) groups is 1. The third kappa shape index (κ3) is 2.59. The van der Waals surface area contributed by atoms with Gasteiger partial charge in [0.25, 0.3) is 5.91 Å². The Hall–Kier alpha value is -3.49. The number of benzene rings is 1. The van der Waals surface area contributed by atoms with Crippen molar-refractivity contribution in [3.8, 4) is 0 Å². The second-order valence-corrected chi connectivity index (χ2v) is 6.60. The summed E-state index contributed by atoms with van der Waals surface area (Å²) < 4.78 is 6.95. The number of aryl methyl sites for hydroxylation is 1. The van der Waals surface area contributed by atoms with Gasteiger partial charge in [0.15, 0.2) is 11.6 Å². The zero-order chi connectivity index (χ0) is 18.4. The van der Waals surface area contributed by atoms with Crippen LogP contribution >= 0.6 is 0 Å². The van der Waals surface area contributed by atoms with E-state index in [1.54, 1.807) is 21.5 Å². The molecule has 1 aromatic carbocycles. The van der Waals surface area contributed by atoms with Crippen LogP contribution in [0.25, 0.3) is 16.7 Å². The average Bonchev–Trinajstić information content (AvgIpc) is 3.39. The molecular weight excluding hydrogens is 346 g/mol. The van der Waals surface area contributed by atoms with E-state index in [0.29, 0.717) is 37.6 Å². The van der Waals surface area contributed by atoms with Gasteiger partial charge in [0.1, 0.15) is 0 Å². The summed E-state index contributed by atoms with van der Waals surface area (Å²) in [6, 6.07) is 9.43. The number of piperazine rings is 1. The molecule has 1 saturated heterocycles. The molecule has 27 heavy (non-hydrogen) atoms. The van der Waals surface area contributed by atoms with Crippen LogP contribution in [0.3, 0.4) is 0 Å². The van der Waals surface area contributed by atoms with E-state index in [1.165, 1.54) is 6.26 Å². The lowest BCUT2D eigenvalue weighted by atomic mass is 10.2. The van der Waals surface area contributed by atoms with Crippen molar-refractivity contribution in [2.45, 2.75) is 6.92 Å². The van der Waals surface area contributed by atoms with Crippen LogP contribution in [0.4, 0.5) is 5.82 Å². The van der Waals surface area contributed by atoms with Crippen LogP contribution in [-0.2, 0) is 0 Å². The molecule has 9 heteroatoms. The molecule has 9 nitrogen and oxygen atoms in total. The number of tetrazole rings is 1. The van der Waals surface area contributed by atoms with Gasteiger partial charge in [0.05, 0.1) is 17.3 Å². The summed E-state index contributed by atoms with van der Waals surface area (Å²) in [7, 11) is 0. The summed E-state index contributed by atoms with van der Waals surface area (Å²) >= 11 is 0. The molecule has 1 aliphatic rings. The zero-order valence-corrected chi connectivity index (χ0v) is 14.7. The highest BCUT2D eigenvalue weighted by molar-refractivity contribution is 5.91. The third-order valence-electron chi connectivity index (χ3n) is 4.85. The molecule has 0 atom stereocenters. The highest BCUT2D eigenvalue weighted by Crippen LogP contribution is 2.24. The third-order valence-corrected chi connectivity index (χ3v) is 4.85. The van der Waals surface area contributed by atoms with Crippen molar-refractivity contribution in [2.75, 3.05) is 31.1 Å². The van der Waals surface area contributed by atoms with E-state index in [9.17, 15) is 4.79 Å². The molecule has 136 valence electrons. The second kappa shape index (κ2) is 6.04. The van der Waals surface area contributed by atoms with Crippen molar-refractivity contribution in [1.82, 2.24) is 29.9 Å². The first-order valence-corrected chi connectivity index (χ1v) is 8.77. The van der Waals surface area contributed by atoms with Crippen LogP contribution in [0, 0.1) is 6.92 Å². The van der Waals surface area contributed by atoms with Crippen molar-refractivity contribution >= 4 is 28.4 Å². The highest BCUT2D eigenvalue weighted by Gasteiger charge is 2.26. The van der Waals surface area contributed by atoms with Crippen molar-refractivity contribution in [3.05, 3.63) is 47.9 Å². The van der Waals surface area contributed by atoms with Crippen molar-refractivity contribution < 1.29 is 9.21 Å². The van der Waals surface area contributed by atoms with Gasteiger partial charge >= 0.3 is 0 Å². The van der Waals surface area contributed by atoms with E-state index >= 15 is 0 Å². The largest absolute Gasteiger partial charge is 0.459 e. The lowest BCUT2D eigenvalue weighted by molar-refractivity contribution is 0.0714. The van der Waals surface area contributed by atoms with E-state index in [1.807, 2.05) is 25.1 Å². The van der Waals surface area contributed by atoms with Crippen LogP contribution in [0.1, 0.15) is 16.1 Å². The predicted octanol–water partition coefficient (Wildman–Crippen LogP) is 1.54. The number of furan rings is 1. The molecule has 4 heterocycles. The van der Waals surface area contributed by atoms with Crippen molar-refractivity contribution in [1.29, 1.82) is 0 Å². The molecule has 1 aliphatic heterocycles. The standard InChI is InChI=1S/C18H17N7O2/c1-12-4-5-13-14(11-12)25-17(20-21-22-25)16(19-13)23-6-8-24(9-7-23)18(26)15-3-2-10-27-15/h2-5,10-11H,6-9H2,1H3. The normalized spacial score (nSPS) is 15.0. The monoisotopic (exact) mass is 363 g/mol. The van der Waals surface area contributed by atoms with Crippen molar-refractivity contribution in [3.63, 3.8) is 0 Å². The lowest BCUT2D eigenvalue weighted by Crippen LogP contribution is -2.49. The summed E-state index contributed by atoms with van der Waals surface area (Å²) in [4.78, 5) is 21.2. The minimum atomic E-state index is -0.0871. The molecule has 5 rings (SSSR count). The fraction of sp³-hybridized carbons (Fsp3) is 0.278. The van der Waals surface area contributed by atoms with Gasteiger partial charge in [-0.3, -0.25) is 4.79 Å². The topological polar surface area (TPSA) is 92.7 Å². The van der Waals surface area contributed by atoms with Crippen molar-refractivity contribution in [2.24, 2.45) is 0 Å². The summed E-state index contributed by atoms with van der Waals surface area (Å²) in [6.45, 7) is 4.50. The minimum Gasteiger partial charge on any atom is -0.459 e. The van der Waals surface area contributed by atoms with Crippen LogP contribution < -0.4 is 4.90 Å². The molecule has 0 saturated carbocycles. The highest BCUT2D eigenvalue weighted by atomic mass is 16.3. The average molecular weight is 363 g/mol.